The number of H-pyrrole nitrogens is 1. The molecule has 1 N–H and O–H groups in total. The minimum atomic E-state index is -0.374. The van der Waals surface area contributed by atoms with Crippen LogP contribution in [-0.2, 0) is 6.42 Å². The number of fused-ring (bicyclic) bond motifs is 1. The van der Waals surface area contributed by atoms with Crippen molar-refractivity contribution < 1.29 is 4.39 Å². The summed E-state index contributed by atoms with van der Waals surface area (Å²) in [6.07, 6.45) is 1.58. The molecule has 0 spiro atoms. The van der Waals surface area contributed by atoms with Gasteiger partial charge in [-0.1, -0.05) is 0 Å². The van der Waals surface area contributed by atoms with Crippen LogP contribution in [0.25, 0.3) is 11.0 Å². The molecule has 64 valence electrons. The summed E-state index contributed by atoms with van der Waals surface area (Å²) >= 11 is 0. The molecule has 0 unspecified atom stereocenters. The number of benzene rings is 1. The fraction of sp³-hybridized carbons (Fsp3) is 0.111. The Morgan fingerprint density at radius 1 is 1.54 bits per heavy atom. The van der Waals surface area contributed by atoms with E-state index < -0.39 is 0 Å². The molecule has 0 bridgehead atoms. The van der Waals surface area contributed by atoms with E-state index in [0.717, 1.165) is 5.52 Å². The SMILES string of the molecule is N#CCc1cc2[nH]cnc2cc1F. The minimum absolute atomic E-state index is 0.0841. The van der Waals surface area contributed by atoms with Crippen LogP contribution in [0.5, 0.6) is 0 Å². The predicted octanol–water partition coefficient (Wildman–Crippen LogP) is 1.77. The summed E-state index contributed by atoms with van der Waals surface area (Å²) in [5, 5.41) is 8.42. The van der Waals surface area contributed by atoms with Crippen molar-refractivity contribution in [2.45, 2.75) is 6.42 Å². The fourth-order valence-electron chi connectivity index (χ4n) is 1.22. The Hall–Kier alpha value is -1.89. The number of imidazole rings is 1. The molecule has 0 saturated heterocycles. The van der Waals surface area contributed by atoms with Gasteiger partial charge in [0.25, 0.3) is 0 Å². The normalized spacial score (nSPS) is 10.2. The summed E-state index contributed by atoms with van der Waals surface area (Å²) in [5.74, 6) is -0.374. The van der Waals surface area contributed by atoms with Crippen molar-refractivity contribution in [2.75, 3.05) is 0 Å². The van der Waals surface area contributed by atoms with Gasteiger partial charge in [0.2, 0.25) is 0 Å². The first-order valence-corrected chi connectivity index (χ1v) is 3.79. The molecule has 0 atom stereocenters. The molecule has 4 heteroatoms. The number of aromatic nitrogens is 2. The van der Waals surface area contributed by atoms with E-state index in [1.807, 2.05) is 6.07 Å². The molecule has 1 aromatic heterocycles. The molecule has 0 fully saturated rings. The molecule has 0 saturated carbocycles. The molecule has 2 rings (SSSR count). The Morgan fingerprint density at radius 3 is 3.15 bits per heavy atom. The smallest absolute Gasteiger partial charge is 0.129 e. The maximum atomic E-state index is 13.2. The third-order valence-electron chi connectivity index (χ3n) is 1.86. The highest BCUT2D eigenvalue weighted by atomic mass is 19.1. The van der Waals surface area contributed by atoms with Crippen LogP contribution in [0.2, 0.25) is 0 Å². The predicted molar refractivity (Wildman–Crippen MR) is 45.4 cm³/mol. The lowest BCUT2D eigenvalue weighted by Gasteiger charge is -1.96. The first-order chi connectivity index (χ1) is 6.31. The van der Waals surface area contributed by atoms with Crippen molar-refractivity contribution in [1.82, 2.24) is 9.97 Å². The second-order valence-electron chi connectivity index (χ2n) is 2.70. The van der Waals surface area contributed by atoms with Crippen LogP contribution in [0.1, 0.15) is 5.56 Å². The lowest BCUT2D eigenvalue weighted by atomic mass is 10.1. The average Bonchev–Trinajstić information content (AvgIpc) is 2.52. The Kier molecular flexibility index (Phi) is 1.71. The zero-order chi connectivity index (χ0) is 9.26. The van der Waals surface area contributed by atoms with E-state index in [2.05, 4.69) is 9.97 Å². The maximum Gasteiger partial charge on any atom is 0.129 e. The van der Waals surface area contributed by atoms with Gasteiger partial charge in [0, 0.05) is 11.6 Å². The van der Waals surface area contributed by atoms with Gasteiger partial charge in [0.05, 0.1) is 29.9 Å². The van der Waals surface area contributed by atoms with Crippen molar-refractivity contribution in [2.24, 2.45) is 0 Å². The number of nitrogens with zero attached hydrogens (tertiary/aromatic N) is 2. The number of rotatable bonds is 1. The van der Waals surface area contributed by atoms with Gasteiger partial charge in [0.15, 0.2) is 0 Å². The van der Waals surface area contributed by atoms with Crippen molar-refractivity contribution >= 4 is 11.0 Å². The van der Waals surface area contributed by atoms with Crippen molar-refractivity contribution in [1.29, 1.82) is 5.26 Å². The van der Waals surface area contributed by atoms with E-state index in [4.69, 9.17) is 5.26 Å². The number of hydrogen-bond donors (Lipinski definition) is 1. The highest BCUT2D eigenvalue weighted by molar-refractivity contribution is 5.75. The van der Waals surface area contributed by atoms with Crippen LogP contribution in [0.4, 0.5) is 4.39 Å². The second-order valence-corrected chi connectivity index (χ2v) is 2.70. The minimum Gasteiger partial charge on any atom is -0.345 e. The Morgan fingerprint density at radius 2 is 2.38 bits per heavy atom. The lowest BCUT2D eigenvalue weighted by molar-refractivity contribution is 0.617. The number of nitrogens with one attached hydrogen (secondary N) is 1. The molecule has 3 nitrogen and oxygen atoms in total. The average molecular weight is 175 g/mol. The molecule has 13 heavy (non-hydrogen) atoms. The van der Waals surface area contributed by atoms with Gasteiger partial charge in [-0.15, -0.1) is 0 Å². The molecule has 0 aliphatic heterocycles. The van der Waals surface area contributed by atoms with Gasteiger partial charge in [-0.3, -0.25) is 0 Å². The molecule has 1 heterocycles. The number of hydrogen-bond acceptors (Lipinski definition) is 2. The first-order valence-electron chi connectivity index (χ1n) is 3.79. The summed E-state index contributed by atoms with van der Waals surface area (Å²) in [4.78, 5) is 6.76. The number of aromatic amines is 1. The Balaban J connectivity index is 2.64. The zero-order valence-corrected chi connectivity index (χ0v) is 6.71. The summed E-state index contributed by atoms with van der Waals surface area (Å²) in [6, 6.07) is 4.85. The zero-order valence-electron chi connectivity index (χ0n) is 6.71. The van der Waals surface area contributed by atoms with Crippen LogP contribution < -0.4 is 0 Å². The van der Waals surface area contributed by atoms with Gasteiger partial charge < -0.3 is 4.98 Å². The highest BCUT2D eigenvalue weighted by Gasteiger charge is 2.05. The summed E-state index contributed by atoms with van der Waals surface area (Å²) in [6.45, 7) is 0. The van der Waals surface area contributed by atoms with E-state index in [9.17, 15) is 4.39 Å². The van der Waals surface area contributed by atoms with E-state index in [1.165, 1.54) is 12.4 Å². The largest absolute Gasteiger partial charge is 0.345 e. The van der Waals surface area contributed by atoms with Gasteiger partial charge in [-0.25, -0.2) is 9.37 Å². The standard InChI is InChI=1S/C9H6FN3/c10-7-4-9-8(12-5-13-9)3-6(7)1-2-11/h3-5H,1H2,(H,12,13). The molecule has 0 amide bonds. The highest BCUT2D eigenvalue weighted by Crippen LogP contribution is 2.15. The fourth-order valence-corrected chi connectivity index (χ4v) is 1.22. The summed E-state index contributed by atoms with van der Waals surface area (Å²) in [7, 11) is 0. The van der Waals surface area contributed by atoms with Crippen molar-refractivity contribution in [3.05, 3.63) is 29.8 Å². The molecule has 1 aromatic carbocycles. The summed E-state index contributed by atoms with van der Waals surface area (Å²) < 4.78 is 13.2. The second kappa shape index (κ2) is 2.87. The Bertz CT molecular complexity index is 481. The van der Waals surface area contributed by atoms with E-state index in [1.54, 1.807) is 6.07 Å². The summed E-state index contributed by atoms with van der Waals surface area (Å²) in [5.41, 5.74) is 1.74. The topological polar surface area (TPSA) is 52.5 Å². The molecule has 0 aliphatic rings. The third-order valence-corrected chi connectivity index (χ3v) is 1.86. The van der Waals surface area contributed by atoms with E-state index in [0.29, 0.717) is 11.1 Å². The van der Waals surface area contributed by atoms with Gasteiger partial charge in [-0.2, -0.15) is 5.26 Å². The first kappa shape index (κ1) is 7.74. The molecular formula is C9H6FN3. The molecule has 2 aromatic rings. The van der Waals surface area contributed by atoms with Gasteiger partial charge in [0.1, 0.15) is 5.82 Å². The van der Waals surface area contributed by atoms with Crippen LogP contribution >= 0.6 is 0 Å². The molecule has 0 aliphatic carbocycles. The van der Waals surface area contributed by atoms with Crippen LogP contribution in [0.15, 0.2) is 18.5 Å². The van der Waals surface area contributed by atoms with Crippen LogP contribution in [0.3, 0.4) is 0 Å². The van der Waals surface area contributed by atoms with Crippen molar-refractivity contribution in [3.63, 3.8) is 0 Å². The number of halogens is 1. The Labute approximate surface area is 73.8 Å². The van der Waals surface area contributed by atoms with E-state index in [-0.39, 0.29) is 12.2 Å². The van der Waals surface area contributed by atoms with E-state index >= 15 is 0 Å². The monoisotopic (exact) mass is 175 g/mol. The van der Waals surface area contributed by atoms with Gasteiger partial charge >= 0.3 is 0 Å². The van der Waals surface area contributed by atoms with Crippen LogP contribution in [-0.4, -0.2) is 9.97 Å². The quantitative estimate of drug-likeness (QED) is 0.718. The number of nitriles is 1. The maximum absolute atomic E-state index is 13.2. The van der Waals surface area contributed by atoms with Crippen molar-refractivity contribution in [3.8, 4) is 6.07 Å². The molecule has 0 radical (unpaired) electrons. The third kappa shape index (κ3) is 1.25. The van der Waals surface area contributed by atoms with Crippen LogP contribution in [0, 0.1) is 17.1 Å². The lowest BCUT2D eigenvalue weighted by Crippen LogP contribution is -1.88. The van der Waals surface area contributed by atoms with Gasteiger partial charge in [-0.05, 0) is 6.07 Å². The molecular weight excluding hydrogens is 169 g/mol.